The molecule has 0 amide bonds. The predicted octanol–water partition coefficient (Wildman–Crippen LogP) is 3.78. The summed E-state index contributed by atoms with van der Waals surface area (Å²) in [6.45, 7) is 0.765. The minimum absolute atomic E-state index is 0.345. The Morgan fingerprint density at radius 3 is 2.35 bits per heavy atom. The zero-order valence-electron chi connectivity index (χ0n) is 13.9. The van der Waals surface area contributed by atoms with Crippen molar-refractivity contribution in [2.75, 3.05) is 18.2 Å². The van der Waals surface area contributed by atoms with Crippen LogP contribution in [0.4, 0.5) is 24.8 Å². The maximum Gasteiger partial charge on any atom is 0.251 e. The van der Waals surface area contributed by atoms with Gasteiger partial charge in [0, 0.05) is 18.8 Å². The van der Waals surface area contributed by atoms with Crippen LogP contribution in [0.25, 0.3) is 0 Å². The second kappa shape index (κ2) is 9.26. The molecule has 26 heavy (non-hydrogen) atoms. The number of pyridine rings is 2. The van der Waals surface area contributed by atoms with E-state index in [1.807, 2.05) is 42.5 Å². The lowest BCUT2D eigenvalue weighted by Crippen LogP contribution is -2.00. The lowest BCUT2D eigenvalue weighted by atomic mass is 10.2. The minimum atomic E-state index is -1.39. The number of nitrogens with one attached hydrogen (secondary N) is 1. The topological polar surface area (TPSA) is 73.1 Å². The smallest absolute Gasteiger partial charge is 0.251 e. The number of rotatable bonds is 4. The number of anilines is 2. The lowest BCUT2D eigenvalue weighted by Gasteiger charge is -2.06. The van der Waals surface area contributed by atoms with Crippen molar-refractivity contribution >= 4 is 11.6 Å². The van der Waals surface area contributed by atoms with Crippen molar-refractivity contribution in [3.63, 3.8) is 0 Å². The molecule has 0 bridgehead atoms. The Balaban J connectivity index is 0.000000209. The summed E-state index contributed by atoms with van der Waals surface area (Å²) in [6.07, 6.45) is 1.77. The molecule has 3 aromatic rings. The van der Waals surface area contributed by atoms with Gasteiger partial charge in [-0.15, -0.1) is 0 Å². The Morgan fingerprint density at radius 2 is 1.77 bits per heavy atom. The number of nitrogens with zero attached hydrogens (tertiary/aromatic N) is 2. The van der Waals surface area contributed by atoms with Gasteiger partial charge in [-0.05, 0) is 29.8 Å². The molecule has 5 nitrogen and oxygen atoms in total. The number of hydrogen-bond acceptors (Lipinski definition) is 5. The molecule has 0 aliphatic carbocycles. The molecule has 0 atom stereocenters. The summed E-state index contributed by atoms with van der Waals surface area (Å²) < 4.78 is 41.3. The zero-order valence-corrected chi connectivity index (χ0v) is 13.9. The second-order valence-corrected chi connectivity index (χ2v) is 5.04. The molecular formula is C18H17F3N4O. The van der Waals surface area contributed by atoms with Crippen LogP contribution in [-0.4, -0.2) is 17.1 Å². The molecule has 2 aromatic heterocycles. The molecule has 3 N–H and O–H groups in total. The fraction of sp³-hybridized carbons (Fsp3) is 0.111. The van der Waals surface area contributed by atoms with Crippen LogP contribution in [0.15, 0.2) is 54.7 Å². The number of benzene rings is 1. The summed E-state index contributed by atoms with van der Waals surface area (Å²) in [5.41, 5.74) is 6.00. The van der Waals surface area contributed by atoms with Crippen LogP contribution < -0.4 is 15.8 Å². The molecule has 0 radical (unpaired) electrons. The maximum atomic E-state index is 12.2. The van der Waals surface area contributed by atoms with Crippen LogP contribution in [0.5, 0.6) is 5.75 Å². The van der Waals surface area contributed by atoms with Crippen LogP contribution in [0.1, 0.15) is 5.56 Å². The molecular weight excluding hydrogens is 345 g/mol. The van der Waals surface area contributed by atoms with Gasteiger partial charge < -0.3 is 15.8 Å². The highest BCUT2D eigenvalue weighted by atomic mass is 19.2. The SMILES string of the molecule is COc1ccc(CNc2ccccn2)cc1.Nc1nc(F)c(F)cc1F. The van der Waals surface area contributed by atoms with E-state index in [1.54, 1.807) is 13.3 Å². The van der Waals surface area contributed by atoms with Crippen molar-refractivity contribution < 1.29 is 17.9 Å². The van der Waals surface area contributed by atoms with Gasteiger partial charge >= 0.3 is 0 Å². The van der Waals surface area contributed by atoms with E-state index in [0.717, 1.165) is 18.1 Å². The number of aromatic nitrogens is 2. The van der Waals surface area contributed by atoms with Crippen LogP contribution >= 0.6 is 0 Å². The van der Waals surface area contributed by atoms with Crippen LogP contribution in [0.2, 0.25) is 0 Å². The summed E-state index contributed by atoms with van der Waals surface area (Å²) in [4.78, 5) is 6.93. The van der Waals surface area contributed by atoms with Gasteiger partial charge in [-0.1, -0.05) is 18.2 Å². The monoisotopic (exact) mass is 362 g/mol. The van der Waals surface area contributed by atoms with Crippen molar-refractivity contribution in [1.82, 2.24) is 9.97 Å². The van der Waals surface area contributed by atoms with E-state index in [9.17, 15) is 13.2 Å². The Hall–Kier alpha value is -3.29. The van der Waals surface area contributed by atoms with Crippen molar-refractivity contribution in [2.45, 2.75) is 6.54 Å². The number of nitrogen functional groups attached to an aromatic ring is 1. The third kappa shape index (κ3) is 5.66. The number of nitrogens with two attached hydrogens (primary N) is 1. The van der Waals surface area contributed by atoms with Crippen molar-refractivity contribution in [1.29, 1.82) is 0 Å². The van der Waals surface area contributed by atoms with E-state index in [4.69, 9.17) is 10.5 Å². The zero-order chi connectivity index (χ0) is 18.9. The van der Waals surface area contributed by atoms with Gasteiger partial charge in [0.1, 0.15) is 11.6 Å². The first kappa shape index (κ1) is 19.0. The number of halogens is 3. The molecule has 8 heteroatoms. The molecule has 0 spiro atoms. The van der Waals surface area contributed by atoms with E-state index in [1.165, 1.54) is 5.56 Å². The Morgan fingerprint density at radius 1 is 1.04 bits per heavy atom. The molecule has 0 saturated carbocycles. The lowest BCUT2D eigenvalue weighted by molar-refractivity contribution is 0.414. The van der Waals surface area contributed by atoms with Crippen molar-refractivity contribution in [3.8, 4) is 5.75 Å². The summed E-state index contributed by atoms with van der Waals surface area (Å²) in [5.74, 6) is -2.66. The molecule has 0 aliphatic rings. The van der Waals surface area contributed by atoms with Gasteiger partial charge in [-0.3, -0.25) is 0 Å². The van der Waals surface area contributed by atoms with Crippen LogP contribution in [0.3, 0.4) is 0 Å². The highest BCUT2D eigenvalue weighted by molar-refractivity contribution is 5.36. The van der Waals surface area contributed by atoms with Gasteiger partial charge in [0.25, 0.3) is 5.95 Å². The Kier molecular flexibility index (Phi) is 6.78. The first-order chi connectivity index (χ1) is 12.5. The molecule has 0 fully saturated rings. The predicted molar refractivity (Wildman–Crippen MR) is 93.1 cm³/mol. The van der Waals surface area contributed by atoms with Crippen molar-refractivity contribution in [2.24, 2.45) is 0 Å². The third-order valence-electron chi connectivity index (χ3n) is 3.21. The standard InChI is InChI=1S/C13H14N2O.C5H3F3N2/c1-16-12-7-5-11(6-8-12)10-15-13-4-2-3-9-14-13;6-2-1-3(7)5(9)10-4(2)8/h2-9H,10H2,1H3,(H,14,15);1H,(H2,9,10). The van der Waals surface area contributed by atoms with Gasteiger partial charge in [0.2, 0.25) is 0 Å². The number of hydrogen-bond donors (Lipinski definition) is 2. The van der Waals surface area contributed by atoms with Gasteiger partial charge in [0.05, 0.1) is 7.11 Å². The molecule has 2 heterocycles. The molecule has 3 rings (SSSR count). The fourth-order valence-electron chi connectivity index (χ4n) is 1.86. The highest BCUT2D eigenvalue weighted by Crippen LogP contribution is 2.12. The van der Waals surface area contributed by atoms with Gasteiger partial charge in [-0.25, -0.2) is 13.8 Å². The van der Waals surface area contributed by atoms with E-state index < -0.39 is 23.4 Å². The number of ether oxygens (including phenoxy) is 1. The van der Waals surface area contributed by atoms with E-state index in [-0.39, 0.29) is 0 Å². The van der Waals surface area contributed by atoms with Gasteiger partial charge in [-0.2, -0.15) is 9.37 Å². The Bertz CT molecular complexity index is 780. The van der Waals surface area contributed by atoms with Crippen molar-refractivity contribution in [3.05, 3.63) is 77.9 Å². The second-order valence-electron chi connectivity index (χ2n) is 5.04. The van der Waals surface area contributed by atoms with Crippen LogP contribution in [0, 0.1) is 17.6 Å². The first-order valence-corrected chi connectivity index (χ1v) is 7.54. The first-order valence-electron chi connectivity index (χ1n) is 7.54. The van der Waals surface area contributed by atoms with Crippen LogP contribution in [-0.2, 0) is 6.54 Å². The minimum Gasteiger partial charge on any atom is -0.497 e. The maximum absolute atomic E-state index is 12.2. The Labute approximate surface area is 148 Å². The summed E-state index contributed by atoms with van der Waals surface area (Å²) in [5, 5.41) is 3.25. The van der Waals surface area contributed by atoms with E-state index >= 15 is 0 Å². The third-order valence-corrected chi connectivity index (χ3v) is 3.21. The summed E-state index contributed by atoms with van der Waals surface area (Å²) in [7, 11) is 1.67. The quantitative estimate of drug-likeness (QED) is 0.691. The molecule has 0 aliphatic heterocycles. The average Bonchev–Trinajstić information content (AvgIpc) is 2.67. The number of methoxy groups -OCH3 is 1. The molecule has 136 valence electrons. The summed E-state index contributed by atoms with van der Waals surface area (Å²) >= 11 is 0. The fourth-order valence-corrected chi connectivity index (χ4v) is 1.86. The average molecular weight is 362 g/mol. The molecule has 0 unspecified atom stereocenters. The summed E-state index contributed by atoms with van der Waals surface area (Å²) in [6, 6.07) is 14.1. The van der Waals surface area contributed by atoms with Gasteiger partial charge in [0.15, 0.2) is 17.5 Å². The van der Waals surface area contributed by atoms with E-state index in [0.29, 0.717) is 6.07 Å². The largest absolute Gasteiger partial charge is 0.497 e. The van der Waals surface area contributed by atoms with E-state index in [2.05, 4.69) is 15.3 Å². The highest BCUT2D eigenvalue weighted by Gasteiger charge is 2.07. The molecule has 1 aromatic carbocycles. The normalized spacial score (nSPS) is 9.85. The molecule has 0 saturated heterocycles.